The molecule has 1 aliphatic rings. The molecule has 1 aromatic heterocycles. The van der Waals surface area contributed by atoms with Crippen molar-refractivity contribution in [2.75, 3.05) is 19.6 Å². The van der Waals surface area contributed by atoms with Gasteiger partial charge in [-0.1, -0.05) is 50.2 Å². The summed E-state index contributed by atoms with van der Waals surface area (Å²) >= 11 is 0. The highest BCUT2D eigenvalue weighted by Gasteiger charge is 2.27. The molecule has 26 heavy (non-hydrogen) atoms. The van der Waals surface area contributed by atoms with Gasteiger partial charge in [0, 0.05) is 38.4 Å². The lowest BCUT2D eigenvalue weighted by atomic mass is 10.0. The minimum absolute atomic E-state index is 0.0797. The van der Waals surface area contributed by atoms with E-state index in [9.17, 15) is 4.79 Å². The second kappa shape index (κ2) is 8.45. The first-order chi connectivity index (χ1) is 12.6. The highest BCUT2D eigenvalue weighted by molar-refractivity contribution is 5.77. The van der Waals surface area contributed by atoms with Crippen LogP contribution in [-0.2, 0) is 17.6 Å². The van der Waals surface area contributed by atoms with Gasteiger partial charge in [-0.2, -0.15) is 4.98 Å². The fourth-order valence-electron chi connectivity index (χ4n) is 3.24. The van der Waals surface area contributed by atoms with Crippen LogP contribution in [0.15, 0.2) is 28.8 Å². The van der Waals surface area contributed by atoms with E-state index in [1.807, 2.05) is 18.7 Å². The summed E-state index contributed by atoms with van der Waals surface area (Å²) in [6.45, 7) is 8.53. The van der Waals surface area contributed by atoms with E-state index in [-0.39, 0.29) is 17.9 Å². The number of aryl methyl sites for hydroxylation is 2. The lowest BCUT2D eigenvalue weighted by Crippen LogP contribution is -2.48. The summed E-state index contributed by atoms with van der Waals surface area (Å²) < 4.78 is 5.26. The number of nitrogens with zero attached hydrogens (tertiary/aromatic N) is 3. The second-order valence-corrected chi connectivity index (χ2v) is 7.10. The first-order valence-corrected chi connectivity index (χ1v) is 9.50. The SMILES string of the molecule is CCc1ccc(C2CNCCN2C(=O)CCc2nc(C(C)C)no2)cc1. The average Bonchev–Trinajstić information content (AvgIpc) is 3.15. The molecular formula is C20H28N4O2. The molecule has 6 heteroatoms. The first-order valence-electron chi connectivity index (χ1n) is 9.50. The van der Waals surface area contributed by atoms with Crippen molar-refractivity contribution in [2.45, 2.75) is 52.0 Å². The zero-order valence-electron chi connectivity index (χ0n) is 15.9. The normalized spacial score (nSPS) is 17.7. The zero-order chi connectivity index (χ0) is 18.5. The van der Waals surface area contributed by atoms with Gasteiger partial charge in [0.2, 0.25) is 11.8 Å². The summed E-state index contributed by atoms with van der Waals surface area (Å²) in [4.78, 5) is 19.2. The van der Waals surface area contributed by atoms with Gasteiger partial charge >= 0.3 is 0 Å². The minimum atomic E-state index is 0.0797. The Morgan fingerprint density at radius 3 is 2.77 bits per heavy atom. The van der Waals surface area contributed by atoms with E-state index in [0.29, 0.717) is 24.6 Å². The molecule has 1 atom stereocenters. The number of piperazine rings is 1. The van der Waals surface area contributed by atoms with Crippen LogP contribution in [0.25, 0.3) is 0 Å². The van der Waals surface area contributed by atoms with E-state index >= 15 is 0 Å². The van der Waals surface area contributed by atoms with Crippen molar-refractivity contribution in [3.8, 4) is 0 Å². The van der Waals surface area contributed by atoms with Crippen molar-refractivity contribution in [2.24, 2.45) is 0 Å². The van der Waals surface area contributed by atoms with Crippen LogP contribution >= 0.6 is 0 Å². The van der Waals surface area contributed by atoms with Crippen LogP contribution in [0, 0.1) is 0 Å². The number of carbonyl (C=O) groups is 1. The zero-order valence-corrected chi connectivity index (χ0v) is 15.9. The van der Waals surface area contributed by atoms with Crippen LogP contribution < -0.4 is 5.32 Å². The fraction of sp³-hybridized carbons (Fsp3) is 0.550. The summed E-state index contributed by atoms with van der Waals surface area (Å²) in [7, 11) is 0. The molecular weight excluding hydrogens is 328 g/mol. The quantitative estimate of drug-likeness (QED) is 0.862. The van der Waals surface area contributed by atoms with E-state index in [1.165, 1.54) is 11.1 Å². The molecule has 0 bridgehead atoms. The number of nitrogens with one attached hydrogen (secondary N) is 1. The number of carbonyl (C=O) groups excluding carboxylic acids is 1. The Labute approximate surface area is 155 Å². The number of hydrogen-bond donors (Lipinski definition) is 1. The molecule has 1 amide bonds. The Kier molecular flexibility index (Phi) is 6.04. The van der Waals surface area contributed by atoms with Gasteiger partial charge in [0.05, 0.1) is 6.04 Å². The Hall–Kier alpha value is -2.21. The minimum Gasteiger partial charge on any atom is -0.339 e. The molecule has 6 nitrogen and oxygen atoms in total. The summed E-state index contributed by atoms with van der Waals surface area (Å²) in [6.07, 6.45) is 1.90. The van der Waals surface area contributed by atoms with Gasteiger partial charge in [-0.3, -0.25) is 4.79 Å². The van der Waals surface area contributed by atoms with Gasteiger partial charge < -0.3 is 14.7 Å². The standard InChI is InChI=1S/C20H28N4O2/c1-4-15-5-7-16(8-6-15)17-13-21-11-12-24(17)19(25)10-9-18-22-20(14(2)3)23-26-18/h5-8,14,17,21H,4,9-13H2,1-3H3. The highest BCUT2D eigenvalue weighted by atomic mass is 16.5. The van der Waals surface area contributed by atoms with E-state index < -0.39 is 0 Å². The lowest BCUT2D eigenvalue weighted by Gasteiger charge is -2.36. The van der Waals surface area contributed by atoms with Crippen LogP contribution in [0.2, 0.25) is 0 Å². The maximum absolute atomic E-state index is 12.8. The smallest absolute Gasteiger partial charge is 0.227 e. The number of rotatable bonds is 6. The molecule has 3 rings (SSSR count). The van der Waals surface area contributed by atoms with Crippen LogP contribution in [-0.4, -0.2) is 40.6 Å². The Bertz CT molecular complexity index is 724. The molecule has 1 aliphatic heterocycles. The van der Waals surface area contributed by atoms with Crippen LogP contribution in [0.3, 0.4) is 0 Å². The number of amides is 1. The van der Waals surface area contributed by atoms with Gasteiger partial charge in [-0.25, -0.2) is 0 Å². The van der Waals surface area contributed by atoms with Gasteiger partial charge in [0.25, 0.3) is 0 Å². The van der Waals surface area contributed by atoms with Gasteiger partial charge in [-0.15, -0.1) is 0 Å². The molecule has 2 heterocycles. The molecule has 1 N–H and O–H groups in total. The van der Waals surface area contributed by atoms with Crippen molar-refractivity contribution in [3.63, 3.8) is 0 Å². The Balaban J connectivity index is 1.65. The van der Waals surface area contributed by atoms with Crippen molar-refractivity contribution >= 4 is 5.91 Å². The first kappa shape index (κ1) is 18.6. The summed E-state index contributed by atoms with van der Waals surface area (Å²) in [5.74, 6) is 1.61. The van der Waals surface area contributed by atoms with Gasteiger partial charge in [0.1, 0.15) is 0 Å². The third kappa shape index (κ3) is 4.30. The van der Waals surface area contributed by atoms with E-state index in [1.54, 1.807) is 0 Å². The molecule has 0 spiro atoms. The predicted octanol–water partition coefficient (Wildman–Crippen LogP) is 2.86. The van der Waals surface area contributed by atoms with Crippen molar-refractivity contribution in [1.29, 1.82) is 0 Å². The number of hydrogen-bond acceptors (Lipinski definition) is 5. The van der Waals surface area contributed by atoms with E-state index in [0.717, 1.165) is 26.1 Å². The van der Waals surface area contributed by atoms with Crippen molar-refractivity contribution < 1.29 is 9.32 Å². The number of aromatic nitrogens is 2. The summed E-state index contributed by atoms with van der Waals surface area (Å²) in [5, 5.41) is 7.37. The topological polar surface area (TPSA) is 71.3 Å². The molecule has 0 radical (unpaired) electrons. The van der Waals surface area contributed by atoms with Crippen molar-refractivity contribution in [3.05, 3.63) is 47.1 Å². The van der Waals surface area contributed by atoms with Crippen LogP contribution in [0.1, 0.15) is 62.0 Å². The molecule has 140 valence electrons. The molecule has 0 aliphatic carbocycles. The third-order valence-corrected chi connectivity index (χ3v) is 4.89. The van der Waals surface area contributed by atoms with E-state index in [4.69, 9.17) is 4.52 Å². The maximum atomic E-state index is 12.8. The molecule has 1 fully saturated rings. The number of benzene rings is 1. The van der Waals surface area contributed by atoms with Crippen LogP contribution in [0.5, 0.6) is 0 Å². The van der Waals surface area contributed by atoms with Gasteiger partial charge in [-0.05, 0) is 17.5 Å². The molecule has 1 saturated heterocycles. The molecule has 1 aromatic carbocycles. The third-order valence-electron chi connectivity index (χ3n) is 4.89. The summed E-state index contributed by atoms with van der Waals surface area (Å²) in [6, 6.07) is 8.67. The highest BCUT2D eigenvalue weighted by Crippen LogP contribution is 2.24. The molecule has 2 aromatic rings. The Morgan fingerprint density at radius 1 is 1.35 bits per heavy atom. The lowest BCUT2D eigenvalue weighted by molar-refractivity contribution is -0.134. The van der Waals surface area contributed by atoms with E-state index in [2.05, 4.69) is 46.6 Å². The Morgan fingerprint density at radius 2 is 2.12 bits per heavy atom. The molecule has 1 unspecified atom stereocenters. The monoisotopic (exact) mass is 356 g/mol. The summed E-state index contributed by atoms with van der Waals surface area (Å²) in [5.41, 5.74) is 2.50. The largest absolute Gasteiger partial charge is 0.339 e. The predicted molar refractivity (Wildman–Crippen MR) is 99.9 cm³/mol. The molecule has 0 saturated carbocycles. The average molecular weight is 356 g/mol. The maximum Gasteiger partial charge on any atom is 0.227 e. The fourth-order valence-corrected chi connectivity index (χ4v) is 3.24. The van der Waals surface area contributed by atoms with Gasteiger partial charge in [0.15, 0.2) is 5.82 Å². The van der Waals surface area contributed by atoms with Crippen LogP contribution in [0.4, 0.5) is 0 Å². The second-order valence-electron chi connectivity index (χ2n) is 7.10. The van der Waals surface area contributed by atoms with Crippen molar-refractivity contribution in [1.82, 2.24) is 20.4 Å².